The van der Waals surface area contributed by atoms with Crippen LogP contribution in [0, 0.1) is 5.92 Å². The highest BCUT2D eigenvalue weighted by Crippen LogP contribution is 2.15. The monoisotopic (exact) mass is 242 g/mol. The fourth-order valence-electron chi connectivity index (χ4n) is 2.52. The average molecular weight is 242 g/mol. The van der Waals surface area contributed by atoms with Crippen LogP contribution in [0.2, 0.25) is 0 Å². The molecular weight excluding hydrogens is 212 g/mol. The molecule has 0 saturated carbocycles. The van der Waals surface area contributed by atoms with Crippen molar-refractivity contribution < 1.29 is 4.74 Å². The van der Waals surface area contributed by atoms with Gasteiger partial charge in [0.15, 0.2) is 0 Å². The molecule has 0 aliphatic carbocycles. The molecule has 1 aliphatic rings. The zero-order chi connectivity index (χ0) is 12.7. The van der Waals surface area contributed by atoms with Gasteiger partial charge in [-0.05, 0) is 25.9 Å². The quantitative estimate of drug-likeness (QED) is 0.740. The van der Waals surface area contributed by atoms with E-state index >= 15 is 0 Å². The largest absolute Gasteiger partial charge is 0.374 e. The number of hydrogen-bond donors (Lipinski definition) is 1. The molecule has 3 heteroatoms. The normalized spacial score (nSPS) is 24.2. The summed E-state index contributed by atoms with van der Waals surface area (Å²) in [6, 6.07) is 0.517. The fraction of sp³-hybridized carbons (Fsp3) is 1.00. The second-order valence-corrected chi connectivity index (χ2v) is 5.52. The number of nitrogens with zero attached hydrogens (tertiary/aromatic N) is 1. The van der Waals surface area contributed by atoms with Gasteiger partial charge in [-0.25, -0.2) is 0 Å². The topological polar surface area (TPSA) is 24.5 Å². The standard InChI is InChI=1S/C14H30N2O/c1-5-16-9-10-17-14(11-16)13(15-4)8-6-7-12(2)3/h12-15H,5-11H2,1-4H3. The first-order chi connectivity index (χ1) is 8.17. The first-order valence-electron chi connectivity index (χ1n) is 7.18. The van der Waals surface area contributed by atoms with Crippen molar-refractivity contribution in [2.24, 2.45) is 5.92 Å². The lowest BCUT2D eigenvalue weighted by atomic mass is 9.99. The highest BCUT2D eigenvalue weighted by molar-refractivity contribution is 4.81. The Morgan fingerprint density at radius 1 is 1.35 bits per heavy atom. The van der Waals surface area contributed by atoms with E-state index in [0.717, 1.165) is 32.2 Å². The van der Waals surface area contributed by atoms with Gasteiger partial charge in [0.05, 0.1) is 12.7 Å². The summed E-state index contributed by atoms with van der Waals surface area (Å²) in [5.41, 5.74) is 0. The molecule has 0 aromatic heterocycles. The molecule has 1 heterocycles. The Labute approximate surface area is 107 Å². The molecule has 0 amide bonds. The van der Waals surface area contributed by atoms with Crippen LogP contribution in [0.4, 0.5) is 0 Å². The Morgan fingerprint density at radius 2 is 2.12 bits per heavy atom. The highest BCUT2D eigenvalue weighted by atomic mass is 16.5. The third-order valence-electron chi connectivity index (χ3n) is 3.74. The molecule has 102 valence electrons. The molecule has 3 nitrogen and oxygen atoms in total. The van der Waals surface area contributed by atoms with Crippen molar-refractivity contribution in [3.05, 3.63) is 0 Å². The molecule has 0 aromatic carbocycles. The lowest BCUT2D eigenvalue weighted by Gasteiger charge is -2.36. The SMILES string of the molecule is CCN1CCOC(C(CCCC(C)C)NC)C1. The van der Waals surface area contributed by atoms with E-state index in [1.54, 1.807) is 0 Å². The summed E-state index contributed by atoms with van der Waals surface area (Å²) >= 11 is 0. The van der Waals surface area contributed by atoms with Gasteiger partial charge in [-0.3, -0.25) is 4.90 Å². The summed E-state index contributed by atoms with van der Waals surface area (Å²) in [6.07, 6.45) is 4.23. The van der Waals surface area contributed by atoms with Crippen LogP contribution in [0.5, 0.6) is 0 Å². The van der Waals surface area contributed by atoms with E-state index < -0.39 is 0 Å². The van der Waals surface area contributed by atoms with E-state index in [4.69, 9.17) is 4.74 Å². The minimum Gasteiger partial charge on any atom is -0.374 e. The van der Waals surface area contributed by atoms with Crippen LogP contribution in [0.1, 0.15) is 40.0 Å². The lowest BCUT2D eigenvalue weighted by Crippen LogP contribution is -2.51. The predicted molar refractivity (Wildman–Crippen MR) is 73.4 cm³/mol. The Bertz CT molecular complexity index is 197. The second-order valence-electron chi connectivity index (χ2n) is 5.52. The number of ether oxygens (including phenoxy) is 1. The van der Waals surface area contributed by atoms with Crippen LogP contribution in [-0.2, 0) is 4.74 Å². The lowest BCUT2D eigenvalue weighted by molar-refractivity contribution is -0.0454. The van der Waals surface area contributed by atoms with Crippen molar-refractivity contribution in [1.29, 1.82) is 0 Å². The van der Waals surface area contributed by atoms with Gasteiger partial charge in [-0.1, -0.05) is 33.6 Å². The number of rotatable bonds is 7. The van der Waals surface area contributed by atoms with E-state index in [-0.39, 0.29) is 0 Å². The number of nitrogens with one attached hydrogen (secondary N) is 1. The maximum absolute atomic E-state index is 5.92. The van der Waals surface area contributed by atoms with Crippen LogP contribution in [0.15, 0.2) is 0 Å². The van der Waals surface area contributed by atoms with Crippen molar-refractivity contribution in [2.45, 2.75) is 52.2 Å². The first kappa shape index (κ1) is 14.9. The van der Waals surface area contributed by atoms with Crippen LogP contribution in [0.25, 0.3) is 0 Å². The van der Waals surface area contributed by atoms with E-state index in [9.17, 15) is 0 Å². The Hall–Kier alpha value is -0.120. The van der Waals surface area contributed by atoms with Crippen molar-refractivity contribution >= 4 is 0 Å². The molecule has 1 aliphatic heterocycles. The van der Waals surface area contributed by atoms with Crippen LogP contribution in [-0.4, -0.2) is 50.3 Å². The van der Waals surface area contributed by atoms with Crippen molar-refractivity contribution in [3.63, 3.8) is 0 Å². The van der Waals surface area contributed by atoms with E-state index in [1.807, 2.05) is 0 Å². The molecule has 2 atom stereocenters. The molecular formula is C14H30N2O. The maximum Gasteiger partial charge on any atom is 0.0855 e. The molecule has 1 fully saturated rings. The number of likely N-dealkylation sites (N-methyl/N-ethyl adjacent to an activating group) is 2. The summed E-state index contributed by atoms with van der Waals surface area (Å²) in [5, 5.41) is 3.44. The minimum absolute atomic E-state index is 0.376. The molecule has 1 N–H and O–H groups in total. The van der Waals surface area contributed by atoms with E-state index in [1.165, 1.54) is 19.3 Å². The Morgan fingerprint density at radius 3 is 2.71 bits per heavy atom. The maximum atomic E-state index is 5.92. The highest BCUT2D eigenvalue weighted by Gasteiger charge is 2.26. The van der Waals surface area contributed by atoms with Gasteiger partial charge in [0, 0.05) is 19.1 Å². The number of morpholine rings is 1. The molecule has 0 spiro atoms. The van der Waals surface area contributed by atoms with Gasteiger partial charge >= 0.3 is 0 Å². The minimum atomic E-state index is 0.376. The second kappa shape index (κ2) is 8.06. The van der Waals surface area contributed by atoms with Gasteiger partial charge in [0.25, 0.3) is 0 Å². The van der Waals surface area contributed by atoms with Gasteiger partial charge in [-0.2, -0.15) is 0 Å². The molecule has 2 unspecified atom stereocenters. The van der Waals surface area contributed by atoms with E-state index in [0.29, 0.717) is 12.1 Å². The Balaban J connectivity index is 2.32. The van der Waals surface area contributed by atoms with Crippen LogP contribution in [0.3, 0.4) is 0 Å². The average Bonchev–Trinajstić information content (AvgIpc) is 2.34. The van der Waals surface area contributed by atoms with Gasteiger partial charge in [0.1, 0.15) is 0 Å². The Kier molecular flexibility index (Phi) is 7.09. The van der Waals surface area contributed by atoms with Crippen LogP contribution >= 0.6 is 0 Å². The first-order valence-corrected chi connectivity index (χ1v) is 7.18. The third kappa shape index (κ3) is 5.36. The summed E-state index contributed by atoms with van der Waals surface area (Å²) in [4.78, 5) is 2.49. The molecule has 1 rings (SSSR count). The molecule has 0 radical (unpaired) electrons. The van der Waals surface area contributed by atoms with Crippen LogP contribution < -0.4 is 5.32 Å². The van der Waals surface area contributed by atoms with Crippen molar-refractivity contribution in [3.8, 4) is 0 Å². The number of hydrogen-bond acceptors (Lipinski definition) is 3. The van der Waals surface area contributed by atoms with Gasteiger partial charge < -0.3 is 10.1 Å². The summed E-state index contributed by atoms with van der Waals surface area (Å²) < 4.78 is 5.92. The van der Waals surface area contributed by atoms with Crippen molar-refractivity contribution in [2.75, 3.05) is 33.3 Å². The van der Waals surface area contributed by atoms with Gasteiger partial charge in [0.2, 0.25) is 0 Å². The zero-order valence-electron chi connectivity index (χ0n) is 12.0. The van der Waals surface area contributed by atoms with Crippen molar-refractivity contribution in [1.82, 2.24) is 10.2 Å². The summed E-state index contributed by atoms with van der Waals surface area (Å²) in [5.74, 6) is 0.812. The summed E-state index contributed by atoms with van der Waals surface area (Å²) in [6.45, 7) is 11.0. The fourth-order valence-corrected chi connectivity index (χ4v) is 2.52. The zero-order valence-corrected chi connectivity index (χ0v) is 12.0. The predicted octanol–water partition coefficient (Wildman–Crippen LogP) is 2.12. The van der Waals surface area contributed by atoms with Gasteiger partial charge in [-0.15, -0.1) is 0 Å². The molecule has 0 bridgehead atoms. The molecule has 1 saturated heterocycles. The van der Waals surface area contributed by atoms with E-state index in [2.05, 4.69) is 38.0 Å². The smallest absolute Gasteiger partial charge is 0.0855 e. The third-order valence-corrected chi connectivity index (χ3v) is 3.74. The molecule has 17 heavy (non-hydrogen) atoms. The molecule has 0 aromatic rings. The summed E-state index contributed by atoms with van der Waals surface area (Å²) in [7, 11) is 2.06.